The van der Waals surface area contributed by atoms with E-state index < -0.39 is 0 Å². The number of amides is 1. The lowest BCUT2D eigenvalue weighted by Gasteiger charge is -2.42. The van der Waals surface area contributed by atoms with Crippen LogP contribution in [-0.4, -0.2) is 50.9 Å². The molecule has 1 amide bonds. The number of carbonyl (C=O) groups excluding carboxylic acids is 1. The Bertz CT molecular complexity index is 1790. The van der Waals surface area contributed by atoms with Gasteiger partial charge >= 0.3 is 0 Å². The highest BCUT2D eigenvalue weighted by Crippen LogP contribution is 2.33. The molecule has 0 atom stereocenters. The van der Waals surface area contributed by atoms with Crippen LogP contribution in [-0.2, 0) is 11.2 Å². The summed E-state index contributed by atoms with van der Waals surface area (Å²) in [5, 5.41) is 18.6. The first kappa shape index (κ1) is 24.9. The molecule has 40 heavy (non-hydrogen) atoms. The standard InChI is InChI=1S/C29H23IN8OS/c30-19-10-11-24-22(15-19)28-33-17-27(39)37(20-6-2-1-3-7-20)38(28)25(34-24)12-13-31-29-36-35-26(40-29)14-18-16-32-23-9-5-4-8-21(18)23/h1-11,15-16,32H,12-14,17H2,(H,31,36). The number of H-pyrrole nitrogens is 1. The van der Waals surface area contributed by atoms with E-state index in [0.717, 1.165) is 47.8 Å². The smallest absolute Gasteiger partial charge is 0.267 e. The van der Waals surface area contributed by atoms with E-state index in [1.165, 1.54) is 10.9 Å². The first-order chi connectivity index (χ1) is 19.6. The molecule has 0 fully saturated rings. The average Bonchev–Trinajstić information content (AvgIpc) is 3.60. The highest BCUT2D eigenvalue weighted by molar-refractivity contribution is 14.1. The van der Waals surface area contributed by atoms with Crippen LogP contribution in [0.1, 0.15) is 22.6 Å². The second-order valence-corrected chi connectivity index (χ2v) is 11.7. The van der Waals surface area contributed by atoms with Crippen LogP contribution in [0.25, 0.3) is 10.9 Å². The number of nitrogens with one attached hydrogen (secondary N) is 2. The monoisotopic (exact) mass is 658 g/mol. The SMILES string of the molecule is O=C1CN=C2c3cc(I)ccc3N=C(CCNc3nnc(Cc4c[nH]c5ccccc45)s3)N2N1c1ccccc1. The summed E-state index contributed by atoms with van der Waals surface area (Å²) in [6.07, 6.45) is 3.31. The zero-order valence-electron chi connectivity index (χ0n) is 21.2. The maximum absolute atomic E-state index is 13.2. The molecule has 2 aliphatic heterocycles. The van der Waals surface area contributed by atoms with E-state index in [2.05, 4.69) is 61.3 Å². The summed E-state index contributed by atoms with van der Waals surface area (Å²) in [5.41, 5.74) is 4.87. The van der Waals surface area contributed by atoms with Crippen molar-refractivity contribution >= 4 is 78.9 Å². The molecule has 7 rings (SSSR count). The van der Waals surface area contributed by atoms with Gasteiger partial charge in [0.1, 0.15) is 17.4 Å². The van der Waals surface area contributed by atoms with Gasteiger partial charge in [-0.3, -0.25) is 9.79 Å². The highest BCUT2D eigenvalue weighted by Gasteiger charge is 2.37. The van der Waals surface area contributed by atoms with Gasteiger partial charge in [-0.05, 0) is 64.6 Å². The van der Waals surface area contributed by atoms with Crippen molar-refractivity contribution in [1.29, 1.82) is 0 Å². The summed E-state index contributed by atoms with van der Waals surface area (Å²) >= 11 is 3.84. The number of para-hydroxylation sites is 2. The van der Waals surface area contributed by atoms with E-state index in [-0.39, 0.29) is 12.5 Å². The van der Waals surface area contributed by atoms with E-state index in [0.29, 0.717) is 19.4 Å². The normalized spacial score (nSPS) is 14.6. The molecule has 0 spiro atoms. The van der Waals surface area contributed by atoms with E-state index in [1.807, 2.05) is 65.8 Å². The summed E-state index contributed by atoms with van der Waals surface area (Å²) in [4.78, 5) is 26.2. The van der Waals surface area contributed by atoms with Gasteiger partial charge in [-0.2, -0.15) is 0 Å². The number of aromatic amines is 1. The number of carbonyl (C=O) groups is 1. The zero-order chi connectivity index (χ0) is 27.1. The van der Waals surface area contributed by atoms with Gasteiger partial charge in [0.05, 0.1) is 11.4 Å². The Morgan fingerprint density at radius 3 is 2.75 bits per heavy atom. The van der Waals surface area contributed by atoms with Crippen molar-refractivity contribution in [2.24, 2.45) is 9.98 Å². The van der Waals surface area contributed by atoms with Gasteiger partial charge in [0.25, 0.3) is 5.91 Å². The fourth-order valence-corrected chi connectivity index (χ4v) is 6.28. The lowest BCUT2D eigenvalue weighted by Crippen LogP contribution is -2.58. The summed E-state index contributed by atoms with van der Waals surface area (Å²) in [5.74, 6) is 1.37. The minimum absolute atomic E-state index is 0.0845. The fraction of sp³-hybridized carbons (Fsp3) is 0.138. The molecule has 4 heterocycles. The summed E-state index contributed by atoms with van der Waals surface area (Å²) in [6.45, 7) is 0.655. The number of halogens is 1. The Hall–Kier alpha value is -4.10. The van der Waals surface area contributed by atoms with Gasteiger partial charge in [-0.1, -0.05) is 47.7 Å². The van der Waals surface area contributed by atoms with Gasteiger partial charge in [0, 0.05) is 45.6 Å². The number of hydrazine groups is 1. The molecule has 0 bridgehead atoms. The number of fused-ring (bicyclic) bond motifs is 4. The summed E-state index contributed by atoms with van der Waals surface area (Å²) in [6, 6.07) is 24.0. The molecular formula is C29H23IN8OS. The third-order valence-corrected chi connectivity index (χ3v) is 8.36. The Kier molecular flexibility index (Phi) is 6.52. The van der Waals surface area contributed by atoms with E-state index >= 15 is 0 Å². The molecular weight excluding hydrogens is 635 g/mol. The molecule has 198 valence electrons. The summed E-state index contributed by atoms with van der Waals surface area (Å²) < 4.78 is 1.09. The molecule has 2 aromatic heterocycles. The molecule has 5 aromatic rings. The van der Waals surface area contributed by atoms with Gasteiger partial charge in [0.15, 0.2) is 5.84 Å². The average molecular weight is 659 g/mol. The van der Waals surface area contributed by atoms with Crippen LogP contribution >= 0.6 is 33.9 Å². The number of benzene rings is 3. The molecule has 3 aromatic carbocycles. The molecule has 0 saturated heterocycles. The lowest BCUT2D eigenvalue weighted by atomic mass is 10.1. The molecule has 11 heteroatoms. The van der Waals surface area contributed by atoms with Gasteiger partial charge in [-0.25, -0.2) is 15.0 Å². The van der Waals surface area contributed by atoms with E-state index in [9.17, 15) is 4.79 Å². The van der Waals surface area contributed by atoms with Crippen molar-refractivity contribution in [2.45, 2.75) is 12.8 Å². The molecule has 0 saturated carbocycles. The molecule has 0 unspecified atom stereocenters. The molecule has 0 aliphatic carbocycles. The Balaban J connectivity index is 1.12. The fourth-order valence-electron chi connectivity index (χ4n) is 5.00. The largest absolute Gasteiger partial charge is 0.361 e. The number of hydrogen-bond donors (Lipinski definition) is 2. The predicted molar refractivity (Wildman–Crippen MR) is 168 cm³/mol. The second-order valence-electron chi connectivity index (χ2n) is 9.40. The molecule has 2 N–H and O–H groups in total. The Labute approximate surface area is 247 Å². The van der Waals surface area contributed by atoms with Crippen LogP contribution in [0, 0.1) is 3.57 Å². The van der Waals surface area contributed by atoms with Crippen LogP contribution in [0.4, 0.5) is 16.5 Å². The van der Waals surface area contributed by atoms with Crippen molar-refractivity contribution in [3.05, 3.63) is 98.7 Å². The van der Waals surface area contributed by atoms with Gasteiger partial charge in [-0.15, -0.1) is 10.2 Å². The predicted octanol–water partition coefficient (Wildman–Crippen LogP) is 5.77. The quantitative estimate of drug-likeness (QED) is 0.216. The maximum Gasteiger partial charge on any atom is 0.267 e. The number of aromatic nitrogens is 3. The molecule has 9 nitrogen and oxygen atoms in total. The van der Waals surface area contributed by atoms with Crippen molar-refractivity contribution in [2.75, 3.05) is 23.4 Å². The second kappa shape index (κ2) is 10.5. The van der Waals surface area contributed by atoms with Crippen molar-refractivity contribution in [3.8, 4) is 0 Å². The van der Waals surface area contributed by atoms with Crippen LogP contribution < -0.4 is 10.3 Å². The van der Waals surface area contributed by atoms with E-state index in [1.54, 1.807) is 16.3 Å². The number of aliphatic imine (C=N–C) groups is 2. The number of anilines is 2. The van der Waals surface area contributed by atoms with Crippen LogP contribution in [0.5, 0.6) is 0 Å². The van der Waals surface area contributed by atoms with Crippen LogP contribution in [0.3, 0.4) is 0 Å². The highest BCUT2D eigenvalue weighted by atomic mass is 127. The third kappa shape index (κ3) is 4.64. The number of amidine groups is 2. The summed E-state index contributed by atoms with van der Waals surface area (Å²) in [7, 11) is 0. The Morgan fingerprint density at radius 2 is 1.85 bits per heavy atom. The van der Waals surface area contributed by atoms with Crippen LogP contribution in [0.15, 0.2) is 89.0 Å². The topological polar surface area (TPSA) is 102 Å². The van der Waals surface area contributed by atoms with E-state index in [4.69, 9.17) is 9.98 Å². The minimum Gasteiger partial charge on any atom is -0.361 e. The van der Waals surface area contributed by atoms with Gasteiger partial charge < -0.3 is 10.3 Å². The first-order valence-corrected chi connectivity index (χ1v) is 14.7. The van der Waals surface area contributed by atoms with Crippen molar-refractivity contribution in [1.82, 2.24) is 20.2 Å². The number of rotatable bonds is 7. The maximum atomic E-state index is 13.2. The number of hydrogen-bond acceptors (Lipinski definition) is 8. The molecule has 0 radical (unpaired) electrons. The van der Waals surface area contributed by atoms with Crippen LogP contribution in [0.2, 0.25) is 0 Å². The van der Waals surface area contributed by atoms with Gasteiger partial charge in [0.2, 0.25) is 5.13 Å². The first-order valence-electron chi connectivity index (χ1n) is 12.9. The van der Waals surface area contributed by atoms with Crippen molar-refractivity contribution in [3.63, 3.8) is 0 Å². The van der Waals surface area contributed by atoms with Crippen molar-refractivity contribution < 1.29 is 4.79 Å². The lowest BCUT2D eigenvalue weighted by molar-refractivity contribution is -0.119. The minimum atomic E-state index is -0.101. The Morgan fingerprint density at radius 1 is 1.00 bits per heavy atom. The zero-order valence-corrected chi connectivity index (χ0v) is 24.2. The third-order valence-electron chi connectivity index (χ3n) is 6.80. The molecule has 2 aliphatic rings. The number of nitrogens with zero attached hydrogens (tertiary/aromatic N) is 6.